The Labute approximate surface area is 114 Å². The van der Waals surface area contributed by atoms with Gasteiger partial charge in [-0.05, 0) is 18.9 Å². The van der Waals surface area contributed by atoms with Crippen molar-refractivity contribution in [2.24, 2.45) is 11.1 Å². The largest absolute Gasteiger partial charge is 0.433 e. The normalized spacial score (nSPS) is 18.9. The second-order valence-electron chi connectivity index (χ2n) is 5.20. The van der Waals surface area contributed by atoms with Crippen LogP contribution in [0.2, 0.25) is 0 Å². The lowest BCUT2D eigenvalue weighted by Crippen LogP contribution is -2.45. The van der Waals surface area contributed by atoms with E-state index in [4.69, 9.17) is 11.1 Å². The highest BCUT2D eigenvalue weighted by Gasteiger charge is 2.36. The van der Waals surface area contributed by atoms with Crippen molar-refractivity contribution in [1.29, 1.82) is 5.41 Å². The maximum absolute atomic E-state index is 12.6. The fourth-order valence-corrected chi connectivity index (χ4v) is 2.13. The summed E-state index contributed by atoms with van der Waals surface area (Å²) in [5.41, 5.74) is 4.22. The third-order valence-corrected chi connectivity index (χ3v) is 3.73. The molecular weight excluding hydrogens is 271 g/mol. The standard InChI is InChI=1S/C12H16F3N5/c1-11(9(16)17)3-6-20(7-4-11)10-18-5-2-8(19-10)12(13,14)15/h2,5H,3-4,6-7H2,1H3,(H3,16,17). The van der Waals surface area contributed by atoms with Gasteiger partial charge in [-0.1, -0.05) is 6.92 Å². The lowest BCUT2D eigenvalue weighted by Gasteiger charge is -2.38. The molecule has 0 saturated carbocycles. The molecule has 1 aromatic heterocycles. The Morgan fingerprint density at radius 2 is 2.00 bits per heavy atom. The molecule has 0 radical (unpaired) electrons. The molecule has 0 amide bonds. The fraction of sp³-hybridized carbons (Fsp3) is 0.583. The Kier molecular flexibility index (Phi) is 3.58. The van der Waals surface area contributed by atoms with E-state index >= 15 is 0 Å². The first-order chi connectivity index (χ1) is 9.22. The zero-order chi connectivity index (χ0) is 15.0. The minimum atomic E-state index is -4.47. The third kappa shape index (κ3) is 2.83. The summed E-state index contributed by atoms with van der Waals surface area (Å²) in [6.07, 6.45) is -2.16. The van der Waals surface area contributed by atoms with Crippen LogP contribution in [-0.4, -0.2) is 28.9 Å². The molecule has 0 bridgehead atoms. The van der Waals surface area contributed by atoms with Gasteiger partial charge in [-0.3, -0.25) is 5.41 Å². The second kappa shape index (κ2) is 4.92. The summed E-state index contributed by atoms with van der Waals surface area (Å²) >= 11 is 0. The second-order valence-corrected chi connectivity index (χ2v) is 5.20. The summed E-state index contributed by atoms with van der Waals surface area (Å²) < 4.78 is 37.8. The molecule has 8 heteroatoms. The van der Waals surface area contributed by atoms with E-state index in [0.717, 1.165) is 12.3 Å². The molecule has 110 valence electrons. The van der Waals surface area contributed by atoms with E-state index in [9.17, 15) is 13.2 Å². The molecule has 0 spiro atoms. The van der Waals surface area contributed by atoms with Crippen molar-refractivity contribution in [2.75, 3.05) is 18.0 Å². The number of hydrogen-bond acceptors (Lipinski definition) is 4. The predicted molar refractivity (Wildman–Crippen MR) is 68.5 cm³/mol. The minimum Gasteiger partial charge on any atom is -0.387 e. The lowest BCUT2D eigenvalue weighted by atomic mass is 9.79. The van der Waals surface area contributed by atoms with Crippen molar-refractivity contribution in [3.63, 3.8) is 0 Å². The molecule has 1 aliphatic heterocycles. The maximum atomic E-state index is 12.6. The molecule has 1 aromatic rings. The van der Waals surface area contributed by atoms with Crippen molar-refractivity contribution < 1.29 is 13.2 Å². The van der Waals surface area contributed by atoms with E-state index in [0.29, 0.717) is 25.9 Å². The first-order valence-corrected chi connectivity index (χ1v) is 6.22. The molecule has 0 atom stereocenters. The van der Waals surface area contributed by atoms with Crippen molar-refractivity contribution in [1.82, 2.24) is 9.97 Å². The van der Waals surface area contributed by atoms with Crippen LogP contribution in [0.15, 0.2) is 12.3 Å². The van der Waals surface area contributed by atoms with Crippen molar-refractivity contribution in [2.45, 2.75) is 25.9 Å². The Hall–Kier alpha value is -1.86. The van der Waals surface area contributed by atoms with Crippen LogP contribution in [0.25, 0.3) is 0 Å². The number of amidine groups is 1. The van der Waals surface area contributed by atoms with Gasteiger partial charge in [0.25, 0.3) is 0 Å². The third-order valence-electron chi connectivity index (χ3n) is 3.73. The molecule has 0 aromatic carbocycles. The number of nitrogens with zero attached hydrogens (tertiary/aromatic N) is 3. The summed E-state index contributed by atoms with van der Waals surface area (Å²) in [6.45, 7) is 2.86. The van der Waals surface area contributed by atoms with E-state index in [2.05, 4.69) is 9.97 Å². The number of aromatic nitrogens is 2. The monoisotopic (exact) mass is 287 g/mol. The number of hydrogen-bond donors (Lipinski definition) is 2. The van der Waals surface area contributed by atoms with Gasteiger partial charge in [0.2, 0.25) is 5.95 Å². The number of rotatable bonds is 2. The fourth-order valence-electron chi connectivity index (χ4n) is 2.13. The number of nitrogens with two attached hydrogens (primary N) is 1. The summed E-state index contributed by atoms with van der Waals surface area (Å²) in [5.74, 6) is 0.188. The van der Waals surface area contributed by atoms with Gasteiger partial charge >= 0.3 is 6.18 Å². The molecule has 1 aliphatic rings. The van der Waals surface area contributed by atoms with Crippen molar-refractivity contribution >= 4 is 11.8 Å². The van der Waals surface area contributed by atoms with E-state index < -0.39 is 17.3 Å². The number of anilines is 1. The highest BCUT2D eigenvalue weighted by molar-refractivity contribution is 5.83. The highest BCUT2D eigenvalue weighted by Crippen LogP contribution is 2.33. The van der Waals surface area contributed by atoms with Gasteiger partial charge in [0.15, 0.2) is 0 Å². The molecule has 2 heterocycles. The molecule has 20 heavy (non-hydrogen) atoms. The van der Waals surface area contributed by atoms with Gasteiger partial charge in [-0.25, -0.2) is 9.97 Å². The SMILES string of the molecule is CC1(C(=N)N)CCN(c2nccc(C(F)(F)F)n2)CC1. The Bertz CT molecular complexity index is 506. The van der Waals surface area contributed by atoms with Crippen LogP contribution >= 0.6 is 0 Å². The van der Waals surface area contributed by atoms with E-state index in [1.54, 1.807) is 4.90 Å². The van der Waals surface area contributed by atoms with Crippen LogP contribution in [0.5, 0.6) is 0 Å². The van der Waals surface area contributed by atoms with E-state index in [1.807, 2.05) is 6.92 Å². The molecular formula is C12H16F3N5. The molecule has 1 saturated heterocycles. The first-order valence-electron chi connectivity index (χ1n) is 6.22. The Morgan fingerprint density at radius 3 is 2.50 bits per heavy atom. The lowest BCUT2D eigenvalue weighted by molar-refractivity contribution is -0.141. The first kappa shape index (κ1) is 14.5. The Morgan fingerprint density at radius 1 is 1.40 bits per heavy atom. The average Bonchev–Trinajstić information content (AvgIpc) is 2.38. The van der Waals surface area contributed by atoms with Gasteiger partial charge in [0.05, 0.1) is 5.84 Å². The van der Waals surface area contributed by atoms with Crippen LogP contribution in [0.3, 0.4) is 0 Å². The zero-order valence-corrected chi connectivity index (χ0v) is 11.0. The van der Waals surface area contributed by atoms with Crippen LogP contribution in [0, 0.1) is 10.8 Å². The van der Waals surface area contributed by atoms with Crippen LogP contribution in [0.1, 0.15) is 25.5 Å². The number of nitrogens with one attached hydrogen (secondary N) is 1. The molecule has 3 N–H and O–H groups in total. The van der Waals surface area contributed by atoms with Gasteiger partial charge in [-0.2, -0.15) is 13.2 Å². The minimum absolute atomic E-state index is 0.0745. The van der Waals surface area contributed by atoms with E-state index in [1.165, 1.54) is 0 Å². The maximum Gasteiger partial charge on any atom is 0.433 e. The Balaban J connectivity index is 2.13. The molecule has 5 nitrogen and oxygen atoms in total. The summed E-state index contributed by atoms with van der Waals surface area (Å²) in [4.78, 5) is 9.16. The quantitative estimate of drug-likeness (QED) is 0.644. The molecule has 0 aliphatic carbocycles. The topological polar surface area (TPSA) is 78.9 Å². The number of alkyl halides is 3. The molecule has 1 fully saturated rings. The number of piperidine rings is 1. The van der Waals surface area contributed by atoms with Crippen LogP contribution < -0.4 is 10.6 Å². The van der Waals surface area contributed by atoms with Crippen molar-refractivity contribution in [3.8, 4) is 0 Å². The van der Waals surface area contributed by atoms with Crippen LogP contribution in [-0.2, 0) is 6.18 Å². The smallest absolute Gasteiger partial charge is 0.387 e. The zero-order valence-electron chi connectivity index (χ0n) is 11.0. The van der Waals surface area contributed by atoms with Gasteiger partial charge in [0.1, 0.15) is 5.69 Å². The van der Waals surface area contributed by atoms with Gasteiger partial charge in [0, 0.05) is 24.7 Å². The molecule has 2 rings (SSSR count). The average molecular weight is 287 g/mol. The van der Waals surface area contributed by atoms with E-state index in [-0.39, 0.29) is 11.8 Å². The van der Waals surface area contributed by atoms with Crippen LogP contribution in [0.4, 0.5) is 19.1 Å². The summed E-state index contributed by atoms with van der Waals surface area (Å²) in [7, 11) is 0. The van der Waals surface area contributed by atoms with Crippen molar-refractivity contribution in [3.05, 3.63) is 18.0 Å². The van der Waals surface area contributed by atoms with Gasteiger partial charge in [-0.15, -0.1) is 0 Å². The number of halogens is 3. The highest BCUT2D eigenvalue weighted by atomic mass is 19.4. The summed E-state index contributed by atoms with van der Waals surface area (Å²) in [6, 6.07) is 0.854. The molecule has 0 unspecified atom stereocenters. The predicted octanol–water partition coefficient (Wildman–Crippen LogP) is 2.04. The summed E-state index contributed by atoms with van der Waals surface area (Å²) in [5, 5.41) is 7.55. The van der Waals surface area contributed by atoms with Gasteiger partial charge < -0.3 is 10.6 Å².